The third-order valence-electron chi connectivity index (χ3n) is 4.49. The number of aromatic nitrogens is 5. The largest absolute Gasteiger partial charge is 0.336 e. The summed E-state index contributed by atoms with van der Waals surface area (Å²) in [5, 5.41) is 14.4. The summed E-state index contributed by atoms with van der Waals surface area (Å²) in [6.45, 7) is 7.98. The van der Waals surface area contributed by atoms with E-state index in [1.807, 2.05) is 35.9 Å². The smallest absolute Gasteiger partial charge is 0.319 e. The summed E-state index contributed by atoms with van der Waals surface area (Å²) in [6.07, 6.45) is 4.13. The van der Waals surface area contributed by atoms with E-state index in [-0.39, 0.29) is 6.03 Å². The van der Waals surface area contributed by atoms with Crippen LogP contribution in [0.4, 0.5) is 10.5 Å². The highest BCUT2D eigenvalue weighted by Crippen LogP contribution is 2.13. The van der Waals surface area contributed by atoms with Crippen molar-refractivity contribution in [2.24, 2.45) is 0 Å². The van der Waals surface area contributed by atoms with Gasteiger partial charge < -0.3 is 10.6 Å². The Bertz CT molecular complexity index is 899. The number of amides is 2. The first-order valence-electron chi connectivity index (χ1n) is 9.06. The highest BCUT2D eigenvalue weighted by molar-refractivity contribution is 5.89. The van der Waals surface area contributed by atoms with Gasteiger partial charge in [-0.25, -0.2) is 14.5 Å². The first kappa shape index (κ1) is 18.6. The molecule has 2 N–H and O–H groups in total. The molecule has 1 aromatic carbocycles. The van der Waals surface area contributed by atoms with Gasteiger partial charge in [-0.05, 0) is 43.5 Å². The van der Waals surface area contributed by atoms with Crippen molar-refractivity contribution in [1.29, 1.82) is 0 Å². The number of anilines is 1. The van der Waals surface area contributed by atoms with Gasteiger partial charge in [0.05, 0.1) is 18.8 Å². The third-order valence-corrected chi connectivity index (χ3v) is 4.49. The van der Waals surface area contributed by atoms with E-state index >= 15 is 0 Å². The van der Waals surface area contributed by atoms with Crippen LogP contribution in [-0.4, -0.2) is 37.1 Å². The molecule has 3 rings (SSSR count). The number of benzene rings is 1. The Labute approximate surface area is 158 Å². The molecule has 0 atom stereocenters. The molecule has 0 bridgehead atoms. The molecule has 0 aliphatic heterocycles. The maximum atomic E-state index is 12.2. The monoisotopic (exact) mass is 367 g/mol. The number of nitrogens with zero attached hydrogens (tertiary/aromatic N) is 5. The zero-order chi connectivity index (χ0) is 19.2. The fourth-order valence-corrected chi connectivity index (χ4v) is 3.16. The van der Waals surface area contributed by atoms with Crippen LogP contribution in [0.2, 0.25) is 0 Å². The zero-order valence-corrected chi connectivity index (χ0v) is 15.9. The number of urea groups is 1. The van der Waals surface area contributed by atoms with Gasteiger partial charge in [-0.2, -0.15) is 10.2 Å². The lowest BCUT2D eigenvalue weighted by Crippen LogP contribution is -2.31. The Morgan fingerprint density at radius 1 is 1.26 bits per heavy atom. The van der Waals surface area contributed by atoms with Crippen LogP contribution in [0.1, 0.15) is 29.4 Å². The normalized spacial score (nSPS) is 10.8. The molecule has 0 spiro atoms. The van der Waals surface area contributed by atoms with Crippen LogP contribution in [0.15, 0.2) is 36.9 Å². The summed E-state index contributed by atoms with van der Waals surface area (Å²) >= 11 is 0. The number of hydrogen-bond donors (Lipinski definition) is 2. The molecule has 27 heavy (non-hydrogen) atoms. The number of aryl methyl sites for hydroxylation is 1. The van der Waals surface area contributed by atoms with Crippen molar-refractivity contribution < 1.29 is 4.79 Å². The Morgan fingerprint density at radius 2 is 2.11 bits per heavy atom. The minimum Gasteiger partial charge on any atom is -0.336 e. The predicted octanol–water partition coefficient (Wildman–Crippen LogP) is 2.52. The second-order valence-corrected chi connectivity index (χ2v) is 6.40. The standard InChI is InChI=1S/C19H25N7O/c1-4-18-14(2)24-26(15(18)3)9-8-21-19(27)23-17-7-5-6-16(10-17)11-25-13-20-12-22-25/h5-7,10,12-13H,4,8-9,11H2,1-3H3,(H2,21,23,27). The second-order valence-electron chi connectivity index (χ2n) is 6.40. The van der Waals surface area contributed by atoms with Crippen molar-refractivity contribution >= 4 is 11.7 Å². The van der Waals surface area contributed by atoms with Gasteiger partial charge in [-0.1, -0.05) is 19.1 Å². The van der Waals surface area contributed by atoms with Crippen molar-refractivity contribution in [3.05, 3.63) is 59.4 Å². The zero-order valence-electron chi connectivity index (χ0n) is 15.9. The summed E-state index contributed by atoms with van der Waals surface area (Å²) in [6, 6.07) is 7.45. The highest BCUT2D eigenvalue weighted by Gasteiger charge is 2.09. The molecule has 2 heterocycles. The maximum absolute atomic E-state index is 12.2. The van der Waals surface area contributed by atoms with Crippen molar-refractivity contribution in [2.45, 2.75) is 40.3 Å². The molecule has 0 saturated heterocycles. The molecule has 0 radical (unpaired) electrons. The van der Waals surface area contributed by atoms with Crippen molar-refractivity contribution in [1.82, 2.24) is 29.9 Å². The molecule has 8 heteroatoms. The molecule has 0 fully saturated rings. The number of carbonyl (C=O) groups is 1. The molecular weight excluding hydrogens is 342 g/mol. The molecule has 142 valence electrons. The van der Waals surface area contributed by atoms with Gasteiger partial charge in [0.15, 0.2) is 0 Å². The van der Waals surface area contributed by atoms with Crippen LogP contribution >= 0.6 is 0 Å². The fraction of sp³-hybridized carbons (Fsp3) is 0.368. The highest BCUT2D eigenvalue weighted by atomic mass is 16.2. The summed E-state index contributed by atoms with van der Waals surface area (Å²) in [5.41, 5.74) is 5.28. The number of hydrogen-bond acceptors (Lipinski definition) is 4. The van der Waals surface area contributed by atoms with Crippen molar-refractivity contribution in [3.8, 4) is 0 Å². The van der Waals surface area contributed by atoms with E-state index in [1.54, 1.807) is 11.0 Å². The van der Waals surface area contributed by atoms with E-state index in [0.29, 0.717) is 19.6 Å². The molecule has 3 aromatic rings. The maximum Gasteiger partial charge on any atom is 0.319 e. The van der Waals surface area contributed by atoms with Gasteiger partial charge in [0.1, 0.15) is 12.7 Å². The minimum absolute atomic E-state index is 0.231. The Morgan fingerprint density at radius 3 is 2.81 bits per heavy atom. The Kier molecular flexibility index (Phi) is 5.85. The molecule has 0 unspecified atom stereocenters. The summed E-state index contributed by atoms with van der Waals surface area (Å²) in [7, 11) is 0. The van der Waals surface area contributed by atoms with Gasteiger partial charge in [0, 0.05) is 17.9 Å². The molecule has 0 aliphatic carbocycles. The first-order chi connectivity index (χ1) is 13.1. The van der Waals surface area contributed by atoms with E-state index in [2.05, 4.69) is 39.7 Å². The fourth-order valence-electron chi connectivity index (χ4n) is 3.16. The SMILES string of the molecule is CCc1c(C)nn(CCNC(=O)Nc2cccc(Cn3cncn3)c2)c1C. The van der Waals surface area contributed by atoms with Crippen molar-refractivity contribution in [2.75, 3.05) is 11.9 Å². The number of nitrogens with one attached hydrogen (secondary N) is 2. The van der Waals surface area contributed by atoms with E-state index in [9.17, 15) is 4.79 Å². The molecule has 2 aromatic heterocycles. The summed E-state index contributed by atoms with van der Waals surface area (Å²) < 4.78 is 3.69. The number of carbonyl (C=O) groups excluding carboxylic acids is 1. The van der Waals surface area contributed by atoms with Gasteiger partial charge in [-0.3, -0.25) is 4.68 Å². The van der Waals surface area contributed by atoms with E-state index < -0.39 is 0 Å². The lowest BCUT2D eigenvalue weighted by Gasteiger charge is -2.10. The van der Waals surface area contributed by atoms with Crippen LogP contribution in [0.25, 0.3) is 0 Å². The van der Waals surface area contributed by atoms with Gasteiger partial charge in [0.25, 0.3) is 0 Å². The Balaban J connectivity index is 1.51. The molecule has 0 aliphatic rings. The molecule has 0 saturated carbocycles. The lowest BCUT2D eigenvalue weighted by molar-refractivity contribution is 0.251. The van der Waals surface area contributed by atoms with Gasteiger partial charge in [-0.15, -0.1) is 0 Å². The second kappa shape index (κ2) is 8.48. The van der Waals surface area contributed by atoms with Crippen LogP contribution < -0.4 is 10.6 Å². The van der Waals surface area contributed by atoms with Gasteiger partial charge >= 0.3 is 6.03 Å². The molecular formula is C19H25N7O. The molecule has 8 nitrogen and oxygen atoms in total. The average Bonchev–Trinajstić information content (AvgIpc) is 3.23. The summed E-state index contributed by atoms with van der Waals surface area (Å²) in [5.74, 6) is 0. The van der Waals surface area contributed by atoms with Crippen LogP contribution in [-0.2, 0) is 19.5 Å². The van der Waals surface area contributed by atoms with Crippen LogP contribution in [0.5, 0.6) is 0 Å². The average molecular weight is 367 g/mol. The number of rotatable bonds is 7. The lowest BCUT2D eigenvalue weighted by atomic mass is 10.1. The van der Waals surface area contributed by atoms with E-state index in [0.717, 1.165) is 29.1 Å². The predicted molar refractivity (Wildman–Crippen MR) is 104 cm³/mol. The quantitative estimate of drug-likeness (QED) is 0.671. The first-order valence-corrected chi connectivity index (χ1v) is 9.06. The van der Waals surface area contributed by atoms with Crippen molar-refractivity contribution in [3.63, 3.8) is 0 Å². The molecule has 2 amide bonds. The van der Waals surface area contributed by atoms with Gasteiger partial charge in [0.2, 0.25) is 0 Å². The minimum atomic E-state index is -0.231. The Hall–Kier alpha value is -3.16. The topological polar surface area (TPSA) is 89.7 Å². The van der Waals surface area contributed by atoms with E-state index in [4.69, 9.17) is 0 Å². The summed E-state index contributed by atoms with van der Waals surface area (Å²) in [4.78, 5) is 16.1. The van der Waals surface area contributed by atoms with Crippen LogP contribution in [0, 0.1) is 13.8 Å². The third kappa shape index (κ3) is 4.72. The van der Waals surface area contributed by atoms with Crippen LogP contribution in [0.3, 0.4) is 0 Å². The van der Waals surface area contributed by atoms with E-state index in [1.165, 1.54) is 11.9 Å².